The van der Waals surface area contributed by atoms with E-state index in [1.54, 1.807) is 0 Å². The largest absolute Gasteiger partial charge is 0.704 e. The predicted molar refractivity (Wildman–Crippen MR) is 252 cm³/mol. The molecule has 7 heterocycles. The van der Waals surface area contributed by atoms with E-state index in [0.717, 1.165) is 102 Å². The van der Waals surface area contributed by atoms with Gasteiger partial charge in [0.15, 0.2) is 73.5 Å². The number of aryl methyl sites for hydroxylation is 6. The van der Waals surface area contributed by atoms with Crippen LogP contribution >= 0.6 is 0 Å². The molecular formula is C57H68N6O2+6. The summed E-state index contributed by atoms with van der Waals surface area (Å²) >= 11 is 0. The molecule has 6 aromatic rings. The Bertz CT molecular complexity index is 2340. The molecule has 0 bridgehead atoms. The number of hydrogen-bond donors (Lipinski definition) is 0. The summed E-state index contributed by atoms with van der Waals surface area (Å²) in [7, 11) is 0. The van der Waals surface area contributed by atoms with Crippen molar-refractivity contribution < 1.29 is 36.9 Å². The summed E-state index contributed by atoms with van der Waals surface area (Å²) in [4.78, 5) is 0. The van der Waals surface area contributed by atoms with Crippen molar-refractivity contribution >= 4 is 12.4 Å². The molecule has 4 aromatic heterocycles. The molecule has 0 amide bonds. The van der Waals surface area contributed by atoms with Crippen molar-refractivity contribution in [1.82, 2.24) is 0 Å². The number of ether oxygens (including phenoxy) is 2. The van der Waals surface area contributed by atoms with Crippen LogP contribution in [0.2, 0.25) is 0 Å². The fourth-order valence-electron chi connectivity index (χ4n) is 11.4. The smallest absolute Gasteiger partial charge is 0.340 e. The number of rotatable bonds is 18. The number of pyridine rings is 4. The second-order valence-electron chi connectivity index (χ2n) is 19.2. The van der Waals surface area contributed by atoms with Gasteiger partial charge in [0, 0.05) is 87.1 Å². The first-order valence-electron chi connectivity index (χ1n) is 24.7. The number of fused-ring (bicyclic) bond motifs is 5. The van der Waals surface area contributed by atoms with E-state index in [9.17, 15) is 0 Å². The summed E-state index contributed by atoms with van der Waals surface area (Å²) in [6.07, 6.45) is 36.1. The van der Waals surface area contributed by atoms with E-state index >= 15 is 0 Å². The Balaban J connectivity index is 0.942. The molecule has 2 fully saturated rings. The number of benzene rings is 2. The van der Waals surface area contributed by atoms with E-state index in [2.05, 4.69) is 200 Å². The summed E-state index contributed by atoms with van der Waals surface area (Å²) in [5.74, 6) is 2.81. The van der Waals surface area contributed by atoms with Crippen LogP contribution in [0, 0.1) is 13.8 Å². The van der Waals surface area contributed by atoms with E-state index < -0.39 is 6.03 Å². The van der Waals surface area contributed by atoms with Gasteiger partial charge in [0.1, 0.15) is 26.2 Å². The predicted octanol–water partition coefficient (Wildman–Crippen LogP) is 8.83. The highest BCUT2D eigenvalue weighted by Gasteiger charge is 2.76. The highest BCUT2D eigenvalue weighted by Crippen LogP contribution is 2.47. The van der Waals surface area contributed by atoms with Crippen LogP contribution in [0.15, 0.2) is 147 Å². The van der Waals surface area contributed by atoms with E-state index in [-0.39, 0.29) is 0 Å². The van der Waals surface area contributed by atoms with Crippen LogP contribution in [0.4, 0.5) is 0 Å². The van der Waals surface area contributed by atoms with Gasteiger partial charge in [-0.2, -0.15) is 0 Å². The summed E-state index contributed by atoms with van der Waals surface area (Å²) in [6.45, 7) is 8.59. The van der Waals surface area contributed by atoms with Gasteiger partial charge < -0.3 is 9.47 Å². The lowest BCUT2D eigenvalue weighted by atomic mass is 9.87. The molecule has 332 valence electrons. The second kappa shape index (κ2) is 19.6. The zero-order chi connectivity index (χ0) is 44.0. The fourth-order valence-corrected chi connectivity index (χ4v) is 11.4. The van der Waals surface area contributed by atoms with Gasteiger partial charge in [-0.15, -0.1) is 0 Å². The highest BCUT2D eigenvalue weighted by molar-refractivity contribution is 5.84. The van der Waals surface area contributed by atoms with Crippen LogP contribution in [0.1, 0.15) is 122 Å². The van der Waals surface area contributed by atoms with Crippen molar-refractivity contribution in [1.29, 1.82) is 0 Å². The van der Waals surface area contributed by atoms with Crippen LogP contribution in [0.5, 0.6) is 11.5 Å². The molecule has 1 spiro atoms. The molecule has 2 aromatic carbocycles. The molecule has 0 N–H and O–H groups in total. The van der Waals surface area contributed by atoms with E-state index in [4.69, 9.17) is 9.47 Å². The third-order valence-corrected chi connectivity index (χ3v) is 14.7. The van der Waals surface area contributed by atoms with Crippen molar-refractivity contribution in [3.05, 3.63) is 180 Å². The Morgan fingerprint density at radius 3 is 1.11 bits per heavy atom. The SMILES string of the molecule is Cc1cc(C(CCC[n+]2ccccc2)CCC[n+]2ccccc2)cc2c1OC13Oc4c(C)cc(C(CCC[n+]5ccccc5)CCC[n+]5ccccc5)cc4C=[N+]1C1CCCCC1[N+]3=C2. The minimum absolute atomic E-state index is 0.312. The summed E-state index contributed by atoms with van der Waals surface area (Å²) in [6, 6.07) is 34.8. The first-order chi connectivity index (χ1) is 32.0. The lowest BCUT2D eigenvalue weighted by Crippen LogP contribution is -2.60. The van der Waals surface area contributed by atoms with Crippen molar-refractivity contribution in [3.8, 4) is 11.5 Å². The first kappa shape index (κ1) is 42.9. The topological polar surface area (TPSA) is 40.0 Å². The van der Waals surface area contributed by atoms with Crippen LogP contribution in [-0.4, -0.2) is 39.7 Å². The molecule has 65 heavy (non-hydrogen) atoms. The van der Waals surface area contributed by atoms with E-state index in [1.807, 2.05) is 0 Å². The normalized spacial score (nSPS) is 19.3. The molecule has 2 unspecified atom stereocenters. The first-order valence-corrected chi connectivity index (χ1v) is 24.7. The molecule has 10 rings (SSSR count). The molecular weight excluding hydrogens is 801 g/mol. The standard InChI is InChI=1S/C57H68N6O2/c1-45-39-49(47(21-17-35-58-27-9-3-10-28-58)22-18-36-59-29-11-4-12-30-59)41-51-43-62-53-25-7-8-26-54(53)63-44-52-42-50(40-46(2)56(52)65-57(62,63)64-55(45)51)48(23-19-37-60-31-13-5-14-32-60)24-20-38-61-33-15-6-16-34-61/h3-6,9-16,27-34,39-44,47-48,53-54H,7-8,17-26,35-38H2,1-2H3/q+6. The quantitative estimate of drug-likeness (QED) is 0.0811. The van der Waals surface area contributed by atoms with Crippen LogP contribution in [0.3, 0.4) is 0 Å². The maximum absolute atomic E-state index is 7.42. The maximum Gasteiger partial charge on any atom is 0.704 e. The summed E-state index contributed by atoms with van der Waals surface area (Å²) in [5.41, 5.74) is 7.59. The Morgan fingerprint density at radius 1 is 0.462 bits per heavy atom. The fraction of sp³-hybridized carbons (Fsp3) is 0.404. The number of nitrogens with zero attached hydrogens (tertiary/aromatic N) is 6. The van der Waals surface area contributed by atoms with Crippen molar-refractivity contribution in [2.75, 3.05) is 0 Å². The molecule has 1 saturated carbocycles. The van der Waals surface area contributed by atoms with Gasteiger partial charge in [0.05, 0.1) is 11.1 Å². The van der Waals surface area contributed by atoms with Crippen molar-refractivity contribution in [2.45, 2.75) is 147 Å². The van der Waals surface area contributed by atoms with Gasteiger partial charge in [-0.1, -0.05) is 45.5 Å². The number of hydrogen-bond acceptors (Lipinski definition) is 2. The molecule has 4 aliphatic rings. The summed E-state index contributed by atoms with van der Waals surface area (Å²) in [5, 5.41) is 0. The Labute approximate surface area is 386 Å². The molecule has 3 aliphatic heterocycles. The highest BCUT2D eigenvalue weighted by atomic mass is 16.7. The van der Waals surface area contributed by atoms with Crippen molar-refractivity contribution in [3.63, 3.8) is 0 Å². The molecule has 1 aliphatic carbocycles. The summed E-state index contributed by atoms with van der Waals surface area (Å²) < 4.78 is 29.1. The molecule has 8 nitrogen and oxygen atoms in total. The lowest BCUT2D eigenvalue weighted by molar-refractivity contribution is -0.866. The monoisotopic (exact) mass is 869 g/mol. The zero-order valence-corrected chi connectivity index (χ0v) is 38.6. The Morgan fingerprint density at radius 2 is 0.785 bits per heavy atom. The van der Waals surface area contributed by atoms with Crippen LogP contribution in [0.25, 0.3) is 0 Å². The van der Waals surface area contributed by atoms with Gasteiger partial charge in [0.2, 0.25) is 12.1 Å². The Kier molecular flexibility index (Phi) is 12.9. The average molecular weight is 869 g/mol. The van der Waals surface area contributed by atoms with E-state index in [1.165, 1.54) is 46.2 Å². The maximum atomic E-state index is 7.42. The molecule has 0 radical (unpaired) electrons. The van der Waals surface area contributed by atoms with Crippen molar-refractivity contribution in [2.24, 2.45) is 0 Å². The van der Waals surface area contributed by atoms with Gasteiger partial charge >= 0.3 is 6.03 Å². The van der Waals surface area contributed by atoms with Crippen LogP contribution in [-0.2, 0) is 26.2 Å². The third-order valence-electron chi connectivity index (χ3n) is 14.7. The number of aromatic nitrogens is 4. The average Bonchev–Trinajstić information content (AvgIpc) is 3.62. The second-order valence-corrected chi connectivity index (χ2v) is 19.2. The zero-order valence-electron chi connectivity index (χ0n) is 38.6. The van der Waals surface area contributed by atoms with Gasteiger partial charge in [0.25, 0.3) is 0 Å². The minimum Gasteiger partial charge on any atom is -0.340 e. The molecule has 8 heteroatoms. The van der Waals surface area contributed by atoms with Crippen LogP contribution < -0.4 is 27.7 Å². The minimum atomic E-state index is -1.04. The third kappa shape index (κ3) is 9.41. The molecule has 1 saturated heterocycles. The Hall–Kier alpha value is -6.02. The van der Waals surface area contributed by atoms with Gasteiger partial charge in [-0.3, -0.25) is 0 Å². The lowest BCUT2D eigenvalue weighted by Gasteiger charge is -2.30. The molecule has 2 atom stereocenters. The van der Waals surface area contributed by atoms with E-state index in [0.29, 0.717) is 23.9 Å². The van der Waals surface area contributed by atoms with Gasteiger partial charge in [-0.25, -0.2) is 18.3 Å². The van der Waals surface area contributed by atoms with Gasteiger partial charge in [-0.05, 0) is 98.6 Å².